The van der Waals surface area contributed by atoms with Gasteiger partial charge in [0, 0.05) is 5.56 Å². The summed E-state index contributed by atoms with van der Waals surface area (Å²) in [7, 11) is 0. The van der Waals surface area contributed by atoms with Crippen LogP contribution in [0.15, 0.2) is 78.9 Å². The summed E-state index contributed by atoms with van der Waals surface area (Å²) in [5.74, 6) is -0.745. The van der Waals surface area contributed by atoms with E-state index in [1.165, 1.54) is 18.6 Å². The van der Waals surface area contributed by atoms with Gasteiger partial charge < -0.3 is 4.74 Å². The molecule has 37 heavy (non-hydrogen) atoms. The summed E-state index contributed by atoms with van der Waals surface area (Å²) in [6, 6.07) is 19.2. The minimum absolute atomic E-state index is 0.00499. The third-order valence-electron chi connectivity index (χ3n) is 7.52. The van der Waals surface area contributed by atoms with Crippen molar-refractivity contribution in [1.82, 2.24) is 0 Å². The molecule has 1 atom stereocenters. The van der Waals surface area contributed by atoms with Crippen LogP contribution in [0.4, 0.5) is 8.78 Å². The van der Waals surface area contributed by atoms with Crippen molar-refractivity contribution in [2.45, 2.75) is 70.8 Å². The van der Waals surface area contributed by atoms with Gasteiger partial charge in [0.05, 0.1) is 5.56 Å². The molecule has 1 saturated carbocycles. The second kappa shape index (κ2) is 12.8. The number of halogens is 2. The molecule has 1 aliphatic carbocycles. The van der Waals surface area contributed by atoms with Crippen molar-refractivity contribution in [1.29, 1.82) is 0 Å². The van der Waals surface area contributed by atoms with Crippen molar-refractivity contribution < 1.29 is 18.3 Å². The van der Waals surface area contributed by atoms with Gasteiger partial charge in [-0.15, -0.1) is 0 Å². The fourth-order valence-corrected chi connectivity index (χ4v) is 5.23. The van der Waals surface area contributed by atoms with Gasteiger partial charge in [0.1, 0.15) is 17.7 Å². The molecule has 2 nitrogen and oxygen atoms in total. The third kappa shape index (κ3) is 7.15. The molecule has 4 rings (SSSR count). The number of benzene rings is 3. The summed E-state index contributed by atoms with van der Waals surface area (Å²) in [6.45, 7) is 4.01. The van der Waals surface area contributed by atoms with Crippen molar-refractivity contribution in [2.24, 2.45) is 5.92 Å². The van der Waals surface area contributed by atoms with Crippen molar-refractivity contribution in [3.63, 3.8) is 0 Å². The van der Waals surface area contributed by atoms with Gasteiger partial charge in [-0.25, -0.2) is 13.6 Å². The zero-order chi connectivity index (χ0) is 26.2. The smallest absolute Gasteiger partial charge is 0.338 e. The maximum Gasteiger partial charge on any atom is 0.338 e. The van der Waals surface area contributed by atoms with Gasteiger partial charge in [-0.1, -0.05) is 61.5 Å². The van der Waals surface area contributed by atoms with E-state index in [1.54, 1.807) is 24.3 Å². The van der Waals surface area contributed by atoms with Gasteiger partial charge in [0.2, 0.25) is 0 Å². The molecule has 3 aromatic rings. The molecule has 0 unspecified atom stereocenters. The quantitative estimate of drug-likeness (QED) is 0.215. The summed E-state index contributed by atoms with van der Waals surface area (Å²) < 4.78 is 35.6. The summed E-state index contributed by atoms with van der Waals surface area (Å²) in [4.78, 5) is 12.7. The zero-order valence-corrected chi connectivity index (χ0v) is 21.8. The van der Waals surface area contributed by atoms with Crippen molar-refractivity contribution in [3.8, 4) is 11.1 Å². The molecule has 0 amide bonds. The molecule has 1 aliphatic rings. The van der Waals surface area contributed by atoms with Crippen molar-refractivity contribution in [2.75, 3.05) is 0 Å². The Morgan fingerprint density at radius 1 is 0.946 bits per heavy atom. The molecular formula is C33H36F2O2. The Kier molecular flexibility index (Phi) is 9.27. The van der Waals surface area contributed by atoms with Crippen LogP contribution in [-0.2, 0) is 11.2 Å². The molecular weight excluding hydrogens is 466 g/mol. The van der Waals surface area contributed by atoms with Gasteiger partial charge in [-0.3, -0.25) is 0 Å². The molecule has 0 spiro atoms. The summed E-state index contributed by atoms with van der Waals surface area (Å²) in [5, 5.41) is 0. The summed E-state index contributed by atoms with van der Waals surface area (Å²) in [6.07, 6.45) is 10.8. The SMILES string of the molecule is C/C=C/CCC1CCC(OC(=O)c2ccc(-c3cc(F)c(C[C@@H](C)c4ccccc4)c(F)c3)cc2)CC1. The Labute approximate surface area is 219 Å². The van der Waals surface area contributed by atoms with E-state index in [0.717, 1.165) is 37.7 Å². The van der Waals surface area contributed by atoms with E-state index in [-0.39, 0.29) is 30.0 Å². The molecule has 0 bridgehead atoms. The fraction of sp³-hybridized carbons (Fsp3) is 0.364. The van der Waals surface area contributed by atoms with Crippen molar-refractivity contribution >= 4 is 5.97 Å². The predicted molar refractivity (Wildman–Crippen MR) is 146 cm³/mol. The number of carbonyl (C=O) groups is 1. The molecule has 0 saturated heterocycles. The van der Waals surface area contributed by atoms with Gasteiger partial charge in [0.15, 0.2) is 0 Å². The van der Waals surface area contributed by atoms with E-state index in [9.17, 15) is 13.6 Å². The van der Waals surface area contributed by atoms with E-state index >= 15 is 0 Å². The van der Waals surface area contributed by atoms with E-state index < -0.39 is 11.6 Å². The topological polar surface area (TPSA) is 26.3 Å². The lowest BCUT2D eigenvalue weighted by atomic mass is 9.84. The fourth-order valence-electron chi connectivity index (χ4n) is 5.23. The maximum atomic E-state index is 14.9. The number of hydrogen-bond acceptors (Lipinski definition) is 2. The molecule has 0 N–H and O–H groups in total. The highest BCUT2D eigenvalue weighted by Gasteiger charge is 2.24. The minimum atomic E-state index is -0.553. The van der Waals surface area contributed by atoms with E-state index in [1.807, 2.05) is 44.2 Å². The first-order valence-electron chi connectivity index (χ1n) is 13.4. The van der Waals surface area contributed by atoms with Crippen LogP contribution in [-0.4, -0.2) is 12.1 Å². The Balaban J connectivity index is 1.35. The number of carbonyl (C=O) groups excluding carboxylic acids is 1. The van der Waals surface area contributed by atoms with Crippen LogP contribution in [0, 0.1) is 17.6 Å². The Hall–Kier alpha value is -3.27. The van der Waals surface area contributed by atoms with Crippen LogP contribution < -0.4 is 0 Å². The second-order valence-corrected chi connectivity index (χ2v) is 10.2. The van der Waals surface area contributed by atoms with Crippen LogP contribution >= 0.6 is 0 Å². The second-order valence-electron chi connectivity index (χ2n) is 10.2. The zero-order valence-electron chi connectivity index (χ0n) is 21.8. The molecule has 0 aliphatic heterocycles. The Morgan fingerprint density at radius 2 is 1.59 bits per heavy atom. The van der Waals surface area contributed by atoms with Gasteiger partial charge in [0.25, 0.3) is 0 Å². The van der Waals surface area contributed by atoms with Gasteiger partial charge in [-0.2, -0.15) is 0 Å². The molecule has 194 valence electrons. The van der Waals surface area contributed by atoms with Gasteiger partial charge in [-0.05, 0) is 105 Å². The average Bonchev–Trinajstić information content (AvgIpc) is 2.92. The van der Waals surface area contributed by atoms with Crippen LogP contribution in [0.1, 0.15) is 79.8 Å². The first kappa shape index (κ1) is 26.8. The lowest BCUT2D eigenvalue weighted by Crippen LogP contribution is -2.24. The lowest BCUT2D eigenvalue weighted by molar-refractivity contribution is 0.0162. The molecule has 4 heteroatoms. The lowest BCUT2D eigenvalue weighted by Gasteiger charge is -2.28. The number of rotatable bonds is 9. The maximum absolute atomic E-state index is 14.9. The number of ether oxygens (including phenoxy) is 1. The van der Waals surface area contributed by atoms with E-state index in [4.69, 9.17) is 4.74 Å². The molecule has 3 aromatic carbocycles. The first-order chi connectivity index (χ1) is 17.9. The number of esters is 1. The summed E-state index contributed by atoms with van der Waals surface area (Å²) in [5.41, 5.74) is 2.69. The van der Waals surface area contributed by atoms with Crippen LogP contribution in [0.2, 0.25) is 0 Å². The highest BCUT2D eigenvalue weighted by molar-refractivity contribution is 5.90. The third-order valence-corrected chi connectivity index (χ3v) is 7.52. The van der Waals surface area contributed by atoms with Crippen LogP contribution in [0.3, 0.4) is 0 Å². The summed E-state index contributed by atoms with van der Waals surface area (Å²) >= 11 is 0. The van der Waals surface area contributed by atoms with Crippen LogP contribution in [0.25, 0.3) is 11.1 Å². The van der Waals surface area contributed by atoms with Crippen LogP contribution in [0.5, 0.6) is 0 Å². The highest BCUT2D eigenvalue weighted by atomic mass is 19.1. The number of allylic oxidation sites excluding steroid dienone is 2. The predicted octanol–water partition coefficient (Wildman–Crippen LogP) is 9.05. The molecule has 0 radical (unpaired) electrons. The average molecular weight is 503 g/mol. The minimum Gasteiger partial charge on any atom is -0.459 e. The highest BCUT2D eigenvalue weighted by Crippen LogP contribution is 2.31. The Bertz CT molecular complexity index is 1170. The number of hydrogen-bond donors (Lipinski definition) is 0. The monoisotopic (exact) mass is 502 g/mol. The molecule has 0 heterocycles. The largest absolute Gasteiger partial charge is 0.459 e. The van der Waals surface area contributed by atoms with E-state index in [2.05, 4.69) is 12.2 Å². The van der Waals surface area contributed by atoms with E-state index in [0.29, 0.717) is 22.6 Å². The Morgan fingerprint density at radius 3 is 2.22 bits per heavy atom. The molecule has 1 fully saturated rings. The first-order valence-corrected chi connectivity index (χ1v) is 13.4. The molecule has 0 aromatic heterocycles. The standard InChI is InChI=1S/C33H36F2O2/c1-3-4-6-9-24-12-18-29(19-13-24)37-33(36)27-16-14-26(15-17-27)28-21-31(34)30(32(35)22-28)20-23(2)25-10-7-5-8-11-25/h3-5,7-8,10-11,14-17,21-24,29H,6,9,12-13,18-20H2,1-2H3/b4-3+/t23-,24?,29?/m1/s1. The van der Waals surface area contributed by atoms with Gasteiger partial charge >= 0.3 is 5.97 Å². The normalized spacial score (nSPS) is 18.6. The van der Waals surface area contributed by atoms with Crippen molar-refractivity contribution in [3.05, 3.63) is 107 Å².